The van der Waals surface area contributed by atoms with E-state index in [1.807, 2.05) is 21.2 Å². The van der Waals surface area contributed by atoms with Crippen LogP contribution in [0, 0.1) is 5.92 Å². The average Bonchev–Trinajstić information content (AvgIpc) is 3.74. The predicted octanol–water partition coefficient (Wildman–Crippen LogP) is 5.90. The van der Waals surface area contributed by atoms with Crippen LogP contribution in [0.3, 0.4) is 0 Å². The van der Waals surface area contributed by atoms with Crippen LogP contribution in [0.1, 0.15) is 97.9 Å². The monoisotopic (exact) mass is 846 g/mol. The molecule has 6 rings (SSSR count). The van der Waals surface area contributed by atoms with Crippen molar-refractivity contribution in [3.63, 3.8) is 0 Å². The van der Waals surface area contributed by atoms with Gasteiger partial charge in [-0.3, -0.25) is 14.4 Å². The Morgan fingerprint density at radius 2 is 1.83 bits per heavy atom. The number of nitrogens with zero attached hydrogens (tertiary/aromatic N) is 4. The first kappa shape index (κ1) is 45.4. The molecule has 3 N–H and O–H groups in total. The molecule has 3 aliphatic rings. The zero-order valence-electron chi connectivity index (χ0n) is 36.1. The highest BCUT2D eigenvalue weighted by Crippen LogP contribution is 2.39. The summed E-state index contributed by atoms with van der Waals surface area (Å²) in [5.41, 5.74) is 4.07. The van der Waals surface area contributed by atoms with Crippen molar-refractivity contribution in [2.75, 3.05) is 90.6 Å². The molecule has 3 aliphatic heterocycles. The van der Waals surface area contributed by atoms with Gasteiger partial charge in [0.05, 0.1) is 43.4 Å². The van der Waals surface area contributed by atoms with Crippen LogP contribution < -0.4 is 15.4 Å². The summed E-state index contributed by atoms with van der Waals surface area (Å²) >= 11 is 1.57. The van der Waals surface area contributed by atoms with Gasteiger partial charge in [-0.05, 0) is 80.2 Å². The molecule has 1 aromatic heterocycles. The number of hydrogen-bond donors (Lipinski definition) is 3. The van der Waals surface area contributed by atoms with E-state index in [4.69, 9.17) is 14.2 Å². The van der Waals surface area contributed by atoms with Crippen molar-refractivity contribution in [3.8, 4) is 11.5 Å². The third kappa shape index (κ3) is 13.0. The number of aromatic nitrogens is 1. The number of amides is 3. The van der Waals surface area contributed by atoms with E-state index in [-0.39, 0.29) is 35.7 Å². The van der Waals surface area contributed by atoms with Crippen LogP contribution in [0.25, 0.3) is 0 Å². The van der Waals surface area contributed by atoms with Gasteiger partial charge in [-0.1, -0.05) is 58.0 Å². The van der Waals surface area contributed by atoms with E-state index in [0.717, 1.165) is 75.3 Å². The van der Waals surface area contributed by atoms with Crippen LogP contribution >= 0.6 is 11.3 Å². The van der Waals surface area contributed by atoms with E-state index in [0.29, 0.717) is 94.4 Å². The highest BCUT2D eigenvalue weighted by atomic mass is 32.1. The molecule has 0 saturated carbocycles. The normalized spacial score (nSPS) is 16.6. The number of aromatic hydroxyl groups is 1. The molecular weight excluding hydrogens is 781 g/mol. The Balaban J connectivity index is 0.871. The van der Waals surface area contributed by atoms with Crippen LogP contribution in [-0.2, 0) is 38.3 Å². The number of likely N-dealkylation sites (tertiary alicyclic amines) is 1. The fourth-order valence-electron chi connectivity index (χ4n) is 8.18. The molecule has 2 saturated heterocycles. The average molecular weight is 847 g/mol. The Morgan fingerprint density at radius 1 is 1.03 bits per heavy atom. The van der Waals surface area contributed by atoms with Gasteiger partial charge in [-0.2, -0.15) is 0 Å². The molecule has 1 spiro atoms. The van der Waals surface area contributed by atoms with Gasteiger partial charge in [-0.15, -0.1) is 11.3 Å². The summed E-state index contributed by atoms with van der Waals surface area (Å²) in [7, 11) is 0. The standard InChI is InChI=1S/C46H66N6O7S/c1-33(2)7-6-20-51(24-19-47-18-12-37-10-11-39(53)42-43(37)58-30-40(54)49-42)41(55)15-27-57-26-14-36-9-5-8-35(29-36)13-21-50-22-16-46(17-23-50)32-52(25-28-59-46)45(56)38-31-60-44(48-38)34(3)4/h5,8-11,29,31,33-34,47,53H,6-7,12-28,30,32H2,1-4H3,(H,49,54). The van der Waals surface area contributed by atoms with Gasteiger partial charge in [0.25, 0.3) is 11.8 Å². The van der Waals surface area contributed by atoms with Crippen molar-refractivity contribution in [2.24, 2.45) is 5.92 Å². The zero-order valence-corrected chi connectivity index (χ0v) is 37.0. The summed E-state index contributed by atoms with van der Waals surface area (Å²) in [6.07, 6.45) is 6.64. The first-order valence-corrected chi connectivity index (χ1v) is 22.9. The van der Waals surface area contributed by atoms with Crippen molar-refractivity contribution < 1.29 is 33.7 Å². The number of benzene rings is 2. The smallest absolute Gasteiger partial charge is 0.273 e. The molecule has 0 radical (unpaired) electrons. The molecular formula is C46H66N6O7S. The van der Waals surface area contributed by atoms with Crippen LogP contribution in [-0.4, -0.2) is 133 Å². The van der Waals surface area contributed by atoms with Crippen LogP contribution in [0.4, 0.5) is 5.69 Å². The van der Waals surface area contributed by atoms with E-state index in [1.165, 1.54) is 11.1 Å². The number of piperidine rings is 1. The number of thiazole rings is 1. The largest absolute Gasteiger partial charge is 0.506 e. The Labute approximate surface area is 360 Å². The number of rotatable bonds is 21. The van der Waals surface area contributed by atoms with Crippen LogP contribution in [0.15, 0.2) is 41.8 Å². The number of nitrogens with one attached hydrogen (secondary N) is 2. The minimum absolute atomic E-state index is 0.00883. The minimum atomic E-state index is -0.284. The second-order valence-electron chi connectivity index (χ2n) is 17.2. The summed E-state index contributed by atoms with van der Waals surface area (Å²) < 4.78 is 18.0. The van der Waals surface area contributed by atoms with Gasteiger partial charge in [-0.25, -0.2) is 4.98 Å². The Morgan fingerprint density at radius 3 is 2.60 bits per heavy atom. The summed E-state index contributed by atoms with van der Waals surface area (Å²) in [5, 5.41) is 19.2. The molecule has 14 heteroatoms. The summed E-state index contributed by atoms with van der Waals surface area (Å²) in [5.74, 6) is 1.26. The van der Waals surface area contributed by atoms with E-state index < -0.39 is 0 Å². The van der Waals surface area contributed by atoms with Crippen molar-refractivity contribution >= 4 is 34.7 Å². The van der Waals surface area contributed by atoms with Gasteiger partial charge in [0.2, 0.25) is 5.91 Å². The van der Waals surface area contributed by atoms with E-state index in [1.54, 1.807) is 17.4 Å². The molecule has 0 atom stereocenters. The zero-order chi connectivity index (χ0) is 42.5. The minimum Gasteiger partial charge on any atom is -0.506 e. The van der Waals surface area contributed by atoms with Gasteiger partial charge in [0.1, 0.15) is 17.1 Å². The molecule has 0 unspecified atom stereocenters. The van der Waals surface area contributed by atoms with Gasteiger partial charge in [0, 0.05) is 57.1 Å². The second kappa shape index (κ2) is 22.1. The number of anilines is 1. The molecule has 13 nitrogen and oxygen atoms in total. The van der Waals surface area contributed by atoms with Crippen molar-refractivity contribution in [1.82, 2.24) is 25.0 Å². The van der Waals surface area contributed by atoms with Crippen molar-refractivity contribution in [2.45, 2.75) is 90.6 Å². The maximum atomic E-state index is 13.3. The van der Waals surface area contributed by atoms with Crippen molar-refractivity contribution in [1.29, 1.82) is 0 Å². The molecule has 4 heterocycles. The molecule has 3 amide bonds. The van der Waals surface area contributed by atoms with E-state index in [9.17, 15) is 19.5 Å². The molecule has 328 valence electrons. The maximum absolute atomic E-state index is 13.3. The summed E-state index contributed by atoms with van der Waals surface area (Å²) in [6.45, 7) is 16.9. The third-order valence-electron chi connectivity index (χ3n) is 11.8. The molecule has 0 bridgehead atoms. The molecule has 2 aromatic carbocycles. The quantitative estimate of drug-likeness (QED) is 0.0876. The highest BCUT2D eigenvalue weighted by molar-refractivity contribution is 7.09. The lowest BCUT2D eigenvalue weighted by molar-refractivity contribution is -0.132. The predicted molar refractivity (Wildman–Crippen MR) is 235 cm³/mol. The number of carbonyl (C=O) groups excluding carboxylic acids is 3. The van der Waals surface area contributed by atoms with E-state index >= 15 is 0 Å². The van der Waals surface area contributed by atoms with Crippen LogP contribution in [0.5, 0.6) is 11.5 Å². The van der Waals surface area contributed by atoms with Gasteiger partial charge in [0.15, 0.2) is 12.4 Å². The number of ether oxygens (including phenoxy) is 3. The molecule has 3 aromatic rings. The lowest BCUT2D eigenvalue weighted by atomic mass is 9.89. The number of fused-ring (bicyclic) bond motifs is 1. The number of phenols is 1. The number of carbonyl (C=O) groups is 3. The number of phenolic OH excluding ortho intramolecular Hbond substituents is 1. The van der Waals surface area contributed by atoms with Crippen molar-refractivity contribution in [3.05, 3.63) is 69.2 Å². The summed E-state index contributed by atoms with van der Waals surface area (Å²) in [6, 6.07) is 12.1. The lowest BCUT2D eigenvalue weighted by Gasteiger charge is -2.47. The summed E-state index contributed by atoms with van der Waals surface area (Å²) in [4.78, 5) is 49.4. The number of hydrogen-bond acceptors (Lipinski definition) is 11. The Kier molecular flexibility index (Phi) is 16.8. The van der Waals surface area contributed by atoms with E-state index in [2.05, 4.69) is 72.5 Å². The first-order chi connectivity index (χ1) is 29.0. The topological polar surface area (TPSA) is 146 Å². The first-order valence-electron chi connectivity index (χ1n) is 22.0. The highest BCUT2D eigenvalue weighted by Gasteiger charge is 2.41. The fraction of sp³-hybridized carbons (Fsp3) is 0.609. The van der Waals surface area contributed by atoms with Crippen LogP contribution in [0.2, 0.25) is 0 Å². The molecule has 0 aliphatic carbocycles. The Bertz CT molecular complexity index is 1880. The van der Waals surface area contributed by atoms with Gasteiger partial charge < -0.3 is 44.7 Å². The SMILES string of the molecule is CC(C)CCCN(CCNCCc1ccc(O)c2c1OCC(=O)N2)C(=O)CCOCCc1cccc(CCN2CCC3(CC2)CN(C(=O)c2csc(C(C)C)n2)CCO3)c1. The third-order valence-corrected chi connectivity index (χ3v) is 12.9. The molecule has 2 fully saturated rings. The fourth-order valence-corrected chi connectivity index (χ4v) is 8.99. The molecule has 60 heavy (non-hydrogen) atoms. The number of morpholine rings is 1. The lowest BCUT2D eigenvalue weighted by Crippen LogP contribution is -2.58. The van der Waals surface area contributed by atoms with Gasteiger partial charge >= 0.3 is 0 Å². The Hall–Kier alpha value is -4.08. The second-order valence-corrected chi connectivity index (χ2v) is 18.1. The maximum Gasteiger partial charge on any atom is 0.273 e.